The van der Waals surface area contributed by atoms with Crippen molar-refractivity contribution in [2.45, 2.75) is 11.4 Å². The van der Waals surface area contributed by atoms with Crippen LogP contribution in [0.5, 0.6) is 0 Å². The zero-order chi connectivity index (χ0) is 17.9. The Morgan fingerprint density at radius 1 is 0.920 bits per heavy atom. The van der Waals surface area contributed by atoms with E-state index in [0.29, 0.717) is 11.3 Å². The molecule has 2 aromatic heterocycles. The van der Waals surface area contributed by atoms with Crippen LogP contribution in [-0.4, -0.2) is 18.4 Å². The van der Waals surface area contributed by atoms with Crippen LogP contribution in [0, 0.1) is 11.6 Å². The lowest BCUT2D eigenvalue weighted by Gasteiger charge is -2.11. The van der Waals surface area contributed by atoms with Gasteiger partial charge in [0, 0.05) is 30.7 Å². The molecule has 0 aliphatic carbocycles. The maximum Gasteiger partial charge on any atom is 0.246 e. The van der Waals surface area contributed by atoms with E-state index in [1.54, 1.807) is 42.9 Å². The minimum absolute atomic E-state index is 0.165. The predicted octanol–water partition coefficient (Wildman–Crippen LogP) is 2.90. The van der Waals surface area contributed by atoms with Gasteiger partial charge in [-0.1, -0.05) is 12.1 Å². The summed E-state index contributed by atoms with van der Waals surface area (Å²) in [5.41, 5.74) is 1.87. The molecule has 8 heteroatoms. The van der Waals surface area contributed by atoms with Crippen LogP contribution in [-0.2, 0) is 16.6 Å². The molecule has 0 bridgehead atoms. The molecule has 0 amide bonds. The topological polar surface area (TPSA) is 72.0 Å². The maximum atomic E-state index is 13.7. The summed E-state index contributed by atoms with van der Waals surface area (Å²) in [6, 6.07) is 9.69. The van der Waals surface area contributed by atoms with Gasteiger partial charge in [0.25, 0.3) is 0 Å². The Hall–Kier alpha value is -2.71. The summed E-state index contributed by atoms with van der Waals surface area (Å²) < 4.78 is 54.2. The number of hydrogen-bond acceptors (Lipinski definition) is 4. The third kappa shape index (κ3) is 3.70. The Labute approximate surface area is 143 Å². The second kappa shape index (κ2) is 7.04. The van der Waals surface area contributed by atoms with Gasteiger partial charge in [-0.2, -0.15) is 0 Å². The Kier molecular flexibility index (Phi) is 4.82. The monoisotopic (exact) mass is 361 g/mol. The van der Waals surface area contributed by atoms with Gasteiger partial charge < -0.3 is 0 Å². The Morgan fingerprint density at radius 3 is 2.28 bits per heavy atom. The number of aromatic nitrogens is 2. The molecule has 2 heterocycles. The number of pyridine rings is 2. The van der Waals surface area contributed by atoms with Crippen LogP contribution in [0.25, 0.3) is 11.3 Å². The van der Waals surface area contributed by atoms with Crippen LogP contribution in [0.15, 0.2) is 66.0 Å². The van der Waals surface area contributed by atoms with Crippen molar-refractivity contribution in [3.8, 4) is 11.3 Å². The fourth-order valence-corrected chi connectivity index (χ4v) is 3.47. The van der Waals surface area contributed by atoms with E-state index in [0.717, 1.165) is 23.8 Å². The zero-order valence-corrected chi connectivity index (χ0v) is 13.7. The van der Waals surface area contributed by atoms with E-state index in [4.69, 9.17) is 0 Å². The molecule has 25 heavy (non-hydrogen) atoms. The fourth-order valence-electron chi connectivity index (χ4n) is 2.34. The van der Waals surface area contributed by atoms with Gasteiger partial charge in [0.1, 0.15) is 11.6 Å². The highest BCUT2D eigenvalue weighted by Crippen LogP contribution is 2.22. The van der Waals surface area contributed by atoms with Crippen molar-refractivity contribution < 1.29 is 17.2 Å². The summed E-state index contributed by atoms with van der Waals surface area (Å²) in [4.78, 5) is 7.17. The Bertz CT molecular complexity index is 976. The highest BCUT2D eigenvalue weighted by Gasteiger charge is 2.23. The molecule has 0 saturated heterocycles. The molecule has 0 spiro atoms. The van der Waals surface area contributed by atoms with Crippen molar-refractivity contribution in [3.05, 3.63) is 78.3 Å². The lowest BCUT2D eigenvalue weighted by Crippen LogP contribution is -2.25. The maximum absolute atomic E-state index is 13.7. The van der Waals surface area contributed by atoms with Crippen LogP contribution in [0.1, 0.15) is 5.56 Å². The van der Waals surface area contributed by atoms with E-state index in [-0.39, 0.29) is 6.54 Å². The zero-order valence-electron chi connectivity index (χ0n) is 12.9. The van der Waals surface area contributed by atoms with Crippen molar-refractivity contribution in [2.75, 3.05) is 0 Å². The van der Waals surface area contributed by atoms with Crippen LogP contribution < -0.4 is 4.72 Å². The summed E-state index contributed by atoms with van der Waals surface area (Å²) in [5, 5.41) is 0. The third-order valence-corrected chi connectivity index (χ3v) is 4.94. The minimum atomic E-state index is -4.36. The number of sulfonamides is 1. The van der Waals surface area contributed by atoms with Gasteiger partial charge in [-0.25, -0.2) is 21.9 Å². The van der Waals surface area contributed by atoms with Gasteiger partial charge in [-0.05, 0) is 35.9 Å². The molecule has 0 radical (unpaired) electrons. The van der Waals surface area contributed by atoms with E-state index >= 15 is 0 Å². The molecule has 5 nitrogen and oxygen atoms in total. The molecular formula is C17H13F2N3O2S. The van der Waals surface area contributed by atoms with Crippen molar-refractivity contribution in [1.82, 2.24) is 14.7 Å². The standard InChI is InChI=1S/C17H13F2N3O2S/c18-14-4-1-5-15(19)17(14)25(23,24)22-11-13-3-2-8-21-16(13)12-6-9-20-10-7-12/h1-10,22H,11H2. The third-order valence-electron chi connectivity index (χ3n) is 3.49. The SMILES string of the molecule is O=S(=O)(NCc1cccnc1-c1ccncc1)c1c(F)cccc1F. The summed E-state index contributed by atoms with van der Waals surface area (Å²) in [6.45, 7) is -0.165. The van der Waals surface area contributed by atoms with Crippen molar-refractivity contribution in [2.24, 2.45) is 0 Å². The first-order valence-corrected chi connectivity index (χ1v) is 8.75. The summed E-state index contributed by atoms with van der Waals surface area (Å²) in [5.74, 6) is -2.29. The van der Waals surface area contributed by atoms with E-state index < -0.39 is 26.6 Å². The van der Waals surface area contributed by atoms with Gasteiger partial charge in [0.2, 0.25) is 10.0 Å². The van der Waals surface area contributed by atoms with Crippen LogP contribution in [0.4, 0.5) is 8.78 Å². The van der Waals surface area contributed by atoms with E-state index in [2.05, 4.69) is 14.7 Å². The molecule has 0 unspecified atom stereocenters. The molecule has 1 aromatic carbocycles. The smallest absolute Gasteiger partial charge is 0.246 e. The predicted molar refractivity (Wildman–Crippen MR) is 87.9 cm³/mol. The number of nitrogens with zero attached hydrogens (tertiary/aromatic N) is 2. The van der Waals surface area contributed by atoms with Crippen molar-refractivity contribution >= 4 is 10.0 Å². The van der Waals surface area contributed by atoms with Gasteiger partial charge in [-0.3, -0.25) is 9.97 Å². The first-order chi connectivity index (χ1) is 12.0. The molecule has 3 aromatic rings. The first-order valence-electron chi connectivity index (χ1n) is 7.27. The van der Waals surface area contributed by atoms with Gasteiger partial charge >= 0.3 is 0 Å². The van der Waals surface area contributed by atoms with E-state index in [1.165, 1.54) is 0 Å². The number of hydrogen-bond donors (Lipinski definition) is 1. The molecule has 0 saturated carbocycles. The second-order valence-corrected chi connectivity index (χ2v) is 6.83. The second-order valence-electron chi connectivity index (χ2n) is 5.12. The van der Waals surface area contributed by atoms with Crippen LogP contribution in [0.2, 0.25) is 0 Å². The van der Waals surface area contributed by atoms with Crippen molar-refractivity contribution in [1.29, 1.82) is 0 Å². The molecule has 3 rings (SSSR count). The Morgan fingerprint density at radius 2 is 1.60 bits per heavy atom. The molecule has 0 atom stereocenters. The lowest BCUT2D eigenvalue weighted by molar-refractivity contribution is 0.514. The average Bonchev–Trinajstić information content (AvgIpc) is 2.61. The summed E-state index contributed by atoms with van der Waals surface area (Å²) in [6.07, 6.45) is 4.75. The van der Waals surface area contributed by atoms with Crippen molar-refractivity contribution in [3.63, 3.8) is 0 Å². The molecular weight excluding hydrogens is 348 g/mol. The molecule has 0 fully saturated rings. The number of rotatable bonds is 5. The number of benzene rings is 1. The highest BCUT2D eigenvalue weighted by atomic mass is 32.2. The largest absolute Gasteiger partial charge is 0.265 e. The van der Waals surface area contributed by atoms with E-state index in [9.17, 15) is 17.2 Å². The quantitative estimate of drug-likeness (QED) is 0.758. The minimum Gasteiger partial charge on any atom is -0.265 e. The molecule has 1 N–H and O–H groups in total. The van der Waals surface area contributed by atoms with Crippen LogP contribution in [0.3, 0.4) is 0 Å². The molecule has 128 valence electrons. The lowest BCUT2D eigenvalue weighted by atomic mass is 10.1. The Balaban J connectivity index is 1.90. The average molecular weight is 361 g/mol. The van der Waals surface area contributed by atoms with Gasteiger partial charge in [0.15, 0.2) is 4.90 Å². The normalized spacial score (nSPS) is 11.4. The van der Waals surface area contributed by atoms with Crippen LogP contribution >= 0.6 is 0 Å². The number of nitrogens with one attached hydrogen (secondary N) is 1. The number of halogens is 2. The first kappa shape index (κ1) is 17.1. The van der Waals surface area contributed by atoms with Gasteiger partial charge in [0.05, 0.1) is 5.69 Å². The summed E-state index contributed by atoms with van der Waals surface area (Å²) >= 11 is 0. The molecule has 0 aliphatic rings. The van der Waals surface area contributed by atoms with E-state index in [1.807, 2.05) is 0 Å². The summed E-state index contributed by atoms with van der Waals surface area (Å²) in [7, 11) is -4.36. The van der Waals surface area contributed by atoms with Gasteiger partial charge in [-0.15, -0.1) is 0 Å². The fraction of sp³-hybridized carbons (Fsp3) is 0.0588. The molecule has 0 aliphatic heterocycles. The highest BCUT2D eigenvalue weighted by molar-refractivity contribution is 7.89.